The van der Waals surface area contributed by atoms with Crippen molar-refractivity contribution in [2.45, 2.75) is 12.3 Å². The molecule has 0 fully saturated rings. The molecule has 0 saturated carbocycles. The summed E-state index contributed by atoms with van der Waals surface area (Å²) < 4.78 is 13.5. The molecule has 1 atom stereocenters. The first-order valence-electron chi connectivity index (χ1n) is 8.58. The van der Waals surface area contributed by atoms with Gasteiger partial charge in [-0.15, -0.1) is 0 Å². The fourth-order valence-corrected chi connectivity index (χ4v) is 3.46. The van der Waals surface area contributed by atoms with E-state index in [1.807, 2.05) is 30.3 Å². The van der Waals surface area contributed by atoms with Crippen molar-refractivity contribution < 1.29 is 4.39 Å². The highest BCUT2D eigenvalue weighted by Gasteiger charge is 2.22. The average molecular weight is 326 g/mol. The van der Waals surface area contributed by atoms with E-state index in [4.69, 9.17) is 0 Å². The van der Waals surface area contributed by atoms with Crippen LogP contribution in [0.4, 0.5) is 4.39 Å². The predicted molar refractivity (Wildman–Crippen MR) is 103 cm³/mol. The van der Waals surface area contributed by atoms with Gasteiger partial charge in [0, 0.05) is 5.92 Å². The topological polar surface area (TPSA) is 0 Å². The first-order chi connectivity index (χ1) is 12.3. The molecule has 0 nitrogen and oxygen atoms in total. The van der Waals surface area contributed by atoms with Gasteiger partial charge in [0.2, 0.25) is 0 Å². The van der Waals surface area contributed by atoms with Crippen LogP contribution in [0.15, 0.2) is 91.0 Å². The van der Waals surface area contributed by atoms with Crippen LogP contribution in [-0.2, 0) is 6.42 Å². The maximum absolute atomic E-state index is 13.5. The third-order valence-electron chi connectivity index (χ3n) is 4.69. The van der Waals surface area contributed by atoms with Crippen molar-refractivity contribution in [3.05, 3.63) is 119 Å². The highest BCUT2D eigenvalue weighted by atomic mass is 19.1. The Bertz CT molecular complexity index is 921. The van der Waals surface area contributed by atoms with Gasteiger partial charge >= 0.3 is 0 Å². The highest BCUT2D eigenvalue weighted by Crippen LogP contribution is 2.39. The minimum atomic E-state index is -0.163. The first-order valence-corrected chi connectivity index (χ1v) is 8.58. The molecule has 122 valence electrons. The third-order valence-corrected chi connectivity index (χ3v) is 4.69. The summed E-state index contributed by atoms with van der Waals surface area (Å²) >= 11 is 0. The number of hydrogen-bond donors (Lipinski definition) is 0. The van der Waals surface area contributed by atoms with Crippen molar-refractivity contribution in [3.8, 4) is 0 Å². The van der Waals surface area contributed by atoms with Crippen molar-refractivity contribution in [3.63, 3.8) is 0 Å². The zero-order valence-corrected chi connectivity index (χ0v) is 13.9. The van der Waals surface area contributed by atoms with Crippen LogP contribution >= 0.6 is 0 Å². The number of halogens is 1. The van der Waals surface area contributed by atoms with E-state index in [-0.39, 0.29) is 11.7 Å². The summed E-state index contributed by atoms with van der Waals surface area (Å²) in [7, 11) is 0. The van der Waals surface area contributed by atoms with E-state index in [1.54, 1.807) is 12.1 Å². The van der Waals surface area contributed by atoms with Gasteiger partial charge in [-0.3, -0.25) is 0 Å². The fourth-order valence-electron chi connectivity index (χ4n) is 3.46. The van der Waals surface area contributed by atoms with Gasteiger partial charge in [-0.1, -0.05) is 85.0 Å². The van der Waals surface area contributed by atoms with Gasteiger partial charge in [0.1, 0.15) is 5.82 Å². The van der Waals surface area contributed by atoms with Gasteiger partial charge in [-0.2, -0.15) is 0 Å². The Morgan fingerprint density at radius 2 is 1.56 bits per heavy atom. The van der Waals surface area contributed by atoms with Crippen LogP contribution in [0.5, 0.6) is 0 Å². The molecule has 1 heteroatoms. The minimum Gasteiger partial charge on any atom is -0.207 e. The van der Waals surface area contributed by atoms with E-state index in [0.717, 1.165) is 17.5 Å². The molecule has 0 bridgehead atoms. The first kappa shape index (κ1) is 15.6. The summed E-state index contributed by atoms with van der Waals surface area (Å²) in [5.41, 5.74) is 5.92. The van der Waals surface area contributed by atoms with Gasteiger partial charge in [0.25, 0.3) is 0 Å². The lowest BCUT2D eigenvalue weighted by atomic mass is 9.87. The minimum absolute atomic E-state index is 0.160. The van der Waals surface area contributed by atoms with E-state index in [0.29, 0.717) is 0 Å². The molecular weight excluding hydrogens is 307 g/mol. The lowest BCUT2D eigenvalue weighted by Crippen LogP contribution is -1.98. The number of rotatable bonds is 4. The molecule has 0 N–H and O–H groups in total. The van der Waals surface area contributed by atoms with Crippen LogP contribution in [0.25, 0.3) is 11.6 Å². The van der Waals surface area contributed by atoms with Crippen LogP contribution in [0, 0.1) is 5.82 Å². The maximum Gasteiger partial charge on any atom is 0.123 e. The third kappa shape index (κ3) is 3.32. The van der Waals surface area contributed by atoms with Crippen molar-refractivity contribution in [2.24, 2.45) is 0 Å². The van der Waals surface area contributed by atoms with Gasteiger partial charge in [0.05, 0.1) is 0 Å². The second kappa shape index (κ2) is 6.90. The Kier molecular flexibility index (Phi) is 4.30. The van der Waals surface area contributed by atoms with Gasteiger partial charge in [-0.05, 0) is 46.4 Å². The summed E-state index contributed by atoms with van der Waals surface area (Å²) in [4.78, 5) is 0. The normalized spacial score (nSPS) is 14.4. The van der Waals surface area contributed by atoms with Crippen LogP contribution in [0.3, 0.4) is 0 Å². The Morgan fingerprint density at radius 3 is 2.32 bits per heavy atom. The van der Waals surface area contributed by atoms with E-state index in [2.05, 4.69) is 54.6 Å². The molecule has 25 heavy (non-hydrogen) atoms. The zero-order valence-electron chi connectivity index (χ0n) is 13.9. The van der Waals surface area contributed by atoms with E-state index < -0.39 is 0 Å². The molecule has 3 aromatic carbocycles. The second-order valence-corrected chi connectivity index (χ2v) is 6.32. The Balaban J connectivity index is 1.74. The molecule has 0 saturated heterocycles. The number of benzene rings is 3. The largest absolute Gasteiger partial charge is 0.207 e. The van der Waals surface area contributed by atoms with Crippen molar-refractivity contribution in [2.75, 3.05) is 0 Å². The number of hydrogen-bond acceptors (Lipinski definition) is 0. The van der Waals surface area contributed by atoms with Crippen molar-refractivity contribution >= 4 is 11.6 Å². The lowest BCUT2D eigenvalue weighted by molar-refractivity contribution is 0.626. The van der Waals surface area contributed by atoms with E-state index >= 15 is 0 Å². The fraction of sp³-hybridized carbons (Fsp3) is 0.0833. The Labute approximate surface area is 148 Å². The molecule has 1 unspecified atom stereocenters. The van der Waals surface area contributed by atoms with Crippen LogP contribution < -0.4 is 0 Å². The standard InChI is InChI=1S/C24H19F/c25-21-13-16-23-20(17-21)12-15-24(23)22(19-9-5-2-6-10-19)14-11-18-7-3-1-4-8-18/h1-11,13-17,22H,12H2/b14-11+. The smallest absolute Gasteiger partial charge is 0.123 e. The molecular formula is C24H19F. The molecule has 0 aliphatic heterocycles. The van der Waals surface area contributed by atoms with E-state index in [1.165, 1.54) is 16.7 Å². The lowest BCUT2D eigenvalue weighted by Gasteiger charge is -2.17. The predicted octanol–water partition coefficient (Wildman–Crippen LogP) is 6.26. The van der Waals surface area contributed by atoms with Crippen LogP contribution in [-0.4, -0.2) is 0 Å². The Hall–Kier alpha value is -2.93. The SMILES string of the molecule is Fc1ccc2c(c1)CC=C2C(/C=C/c1ccccc1)c1ccccc1. The molecule has 0 radical (unpaired) electrons. The molecule has 0 heterocycles. The quantitative estimate of drug-likeness (QED) is 0.530. The van der Waals surface area contributed by atoms with Crippen LogP contribution in [0.2, 0.25) is 0 Å². The van der Waals surface area contributed by atoms with Crippen LogP contribution in [0.1, 0.15) is 28.2 Å². The zero-order chi connectivity index (χ0) is 17.1. The van der Waals surface area contributed by atoms with Crippen molar-refractivity contribution in [1.29, 1.82) is 0 Å². The van der Waals surface area contributed by atoms with Gasteiger partial charge in [0.15, 0.2) is 0 Å². The molecule has 0 amide bonds. The van der Waals surface area contributed by atoms with E-state index in [9.17, 15) is 4.39 Å². The Morgan fingerprint density at radius 1 is 0.840 bits per heavy atom. The highest BCUT2D eigenvalue weighted by molar-refractivity contribution is 5.80. The van der Waals surface area contributed by atoms with Crippen molar-refractivity contribution in [1.82, 2.24) is 0 Å². The molecule has 1 aliphatic carbocycles. The number of fused-ring (bicyclic) bond motifs is 1. The molecule has 4 rings (SSSR count). The summed E-state index contributed by atoms with van der Waals surface area (Å²) in [6.07, 6.45) is 7.44. The molecule has 0 spiro atoms. The molecule has 0 aromatic heterocycles. The summed E-state index contributed by atoms with van der Waals surface area (Å²) in [5, 5.41) is 0. The molecule has 1 aliphatic rings. The maximum atomic E-state index is 13.5. The number of allylic oxidation sites excluding steroid dienone is 3. The monoisotopic (exact) mass is 326 g/mol. The van der Waals surface area contributed by atoms with Gasteiger partial charge < -0.3 is 0 Å². The summed E-state index contributed by atoms with van der Waals surface area (Å²) in [6.45, 7) is 0. The summed E-state index contributed by atoms with van der Waals surface area (Å²) in [6, 6.07) is 25.9. The van der Waals surface area contributed by atoms with Gasteiger partial charge in [-0.25, -0.2) is 4.39 Å². The average Bonchev–Trinajstić information content (AvgIpc) is 3.06. The second-order valence-electron chi connectivity index (χ2n) is 6.32. The molecule has 3 aromatic rings. The summed E-state index contributed by atoms with van der Waals surface area (Å²) in [5.74, 6) is -0.00222.